The molecular weight excluding hydrogens is 240 g/mol. The smallest absolute Gasteiger partial charge is 0.208 e. The van der Waals surface area contributed by atoms with Crippen molar-refractivity contribution in [3.05, 3.63) is 47.2 Å². The fourth-order valence-electron chi connectivity index (χ4n) is 1.94. The van der Waals surface area contributed by atoms with Crippen molar-refractivity contribution in [2.45, 2.75) is 33.4 Å². The monoisotopic (exact) mass is 260 g/mol. The Morgan fingerprint density at radius 1 is 1.32 bits per heavy atom. The highest BCUT2D eigenvalue weighted by atomic mass is 16.5. The Morgan fingerprint density at radius 3 is 2.84 bits per heavy atom. The molecule has 4 heteroatoms. The summed E-state index contributed by atoms with van der Waals surface area (Å²) in [7, 11) is 1.69. The molecule has 0 spiro atoms. The van der Waals surface area contributed by atoms with Gasteiger partial charge in [0.05, 0.1) is 19.9 Å². The van der Waals surface area contributed by atoms with Gasteiger partial charge in [0.25, 0.3) is 0 Å². The summed E-state index contributed by atoms with van der Waals surface area (Å²) in [5.41, 5.74) is 2.37. The Bertz CT molecular complexity index is 535. The number of nitrogens with one attached hydrogen (secondary N) is 1. The van der Waals surface area contributed by atoms with Crippen molar-refractivity contribution >= 4 is 0 Å². The standard InChI is InChI=1S/C15H20N2O2/c1-4-13-9-17-15(19-13)10-16-8-12-7-11(2)5-6-14(12)18-3/h5-7,9,16H,4,8,10H2,1-3H3. The number of hydrogen-bond acceptors (Lipinski definition) is 4. The summed E-state index contributed by atoms with van der Waals surface area (Å²) in [5.74, 6) is 2.55. The van der Waals surface area contributed by atoms with Gasteiger partial charge in [0.1, 0.15) is 11.5 Å². The van der Waals surface area contributed by atoms with E-state index in [4.69, 9.17) is 9.15 Å². The van der Waals surface area contributed by atoms with E-state index in [0.717, 1.165) is 35.9 Å². The van der Waals surface area contributed by atoms with Crippen LogP contribution in [-0.4, -0.2) is 12.1 Å². The normalized spacial score (nSPS) is 10.7. The lowest BCUT2D eigenvalue weighted by Gasteiger charge is -2.09. The molecule has 1 aromatic carbocycles. The maximum absolute atomic E-state index is 5.55. The minimum atomic E-state index is 0.622. The van der Waals surface area contributed by atoms with Gasteiger partial charge in [-0.05, 0) is 13.0 Å². The first-order valence-corrected chi connectivity index (χ1v) is 6.50. The van der Waals surface area contributed by atoms with Crippen molar-refractivity contribution in [3.8, 4) is 5.75 Å². The number of oxazole rings is 1. The highest BCUT2D eigenvalue weighted by Gasteiger charge is 2.05. The molecule has 4 nitrogen and oxygen atoms in total. The van der Waals surface area contributed by atoms with Gasteiger partial charge in [0.15, 0.2) is 0 Å². The molecule has 2 aromatic rings. The Balaban J connectivity index is 1.93. The van der Waals surface area contributed by atoms with Crippen molar-refractivity contribution in [1.29, 1.82) is 0 Å². The first-order chi connectivity index (χ1) is 9.22. The first-order valence-electron chi connectivity index (χ1n) is 6.50. The molecule has 0 aliphatic heterocycles. The van der Waals surface area contributed by atoms with E-state index in [0.29, 0.717) is 6.54 Å². The number of methoxy groups -OCH3 is 1. The third-order valence-electron chi connectivity index (χ3n) is 2.98. The Kier molecular flexibility index (Phi) is 4.58. The van der Waals surface area contributed by atoms with E-state index >= 15 is 0 Å². The fraction of sp³-hybridized carbons (Fsp3) is 0.400. The van der Waals surface area contributed by atoms with Crippen LogP contribution in [0.4, 0.5) is 0 Å². The van der Waals surface area contributed by atoms with Crippen LogP contribution in [-0.2, 0) is 19.5 Å². The zero-order valence-electron chi connectivity index (χ0n) is 11.7. The second kappa shape index (κ2) is 6.38. The van der Waals surface area contributed by atoms with Crippen molar-refractivity contribution in [1.82, 2.24) is 10.3 Å². The van der Waals surface area contributed by atoms with E-state index in [1.165, 1.54) is 5.56 Å². The summed E-state index contributed by atoms with van der Waals surface area (Å²) in [6, 6.07) is 6.16. The Labute approximate surface area is 113 Å². The average Bonchev–Trinajstić information content (AvgIpc) is 2.87. The van der Waals surface area contributed by atoms with Crippen LogP contribution in [0, 0.1) is 6.92 Å². The van der Waals surface area contributed by atoms with Crippen LogP contribution in [0.15, 0.2) is 28.8 Å². The Morgan fingerprint density at radius 2 is 2.16 bits per heavy atom. The van der Waals surface area contributed by atoms with Crippen molar-refractivity contribution < 1.29 is 9.15 Å². The first kappa shape index (κ1) is 13.6. The van der Waals surface area contributed by atoms with Crippen molar-refractivity contribution in [2.24, 2.45) is 0 Å². The zero-order chi connectivity index (χ0) is 13.7. The van der Waals surface area contributed by atoms with Crippen LogP contribution < -0.4 is 10.1 Å². The van der Waals surface area contributed by atoms with Gasteiger partial charge in [-0.2, -0.15) is 0 Å². The van der Waals surface area contributed by atoms with Gasteiger partial charge in [-0.3, -0.25) is 0 Å². The minimum absolute atomic E-state index is 0.622. The van der Waals surface area contributed by atoms with Gasteiger partial charge in [-0.25, -0.2) is 4.98 Å². The van der Waals surface area contributed by atoms with Gasteiger partial charge in [-0.15, -0.1) is 0 Å². The number of aromatic nitrogens is 1. The Hall–Kier alpha value is -1.81. The van der Waals surface area contributed by atoms with Gasteiger partial charge in [-0.1, -0.05) is 24.6 Å². The second-order valence-corrected chi connectivity index (χ2v) is 4.49. The molecule has 1 heterocycles. The number of nitrogens with zero attached hydrogens (tertiary/aromatic N) is 1. The average molecular weight is 260 g/mol. The summed E-state index contributed by atoms with van der Waals surface area (Å²) in [6.07, 6.45) is 2.66. The van der Waals surface area contributed by atoms with Gasteiger partial charge in [0.2, 0.25) is 5.89 Å². The maximum atomic E-state index is 5.55. The molecule has 0 aliphatic carbocycles. The van der Waals surface area contributed by atoms with Crippen LogP contribution in [0.1, 0.15) is 29.7 Å². The molecule has 0 unspecified atom stereocenters. The summed E-state index contributed by atoms with van der Waals surface area (Å²) in [5, 5.41) is 3.32. The largest absolute Gasteiger partial charge is 0.496 e. The molecule has 0 saturated carbocycles. The maximum Gasteiger partial charge on any atom is 0.208 e. The predicted octanol–water partition coefficient (Wildman–Crippen LogP) is 2.84. The molecule has 0 amide bonds. The lowest BCUT2D eigenvalue weighted by molar-refractivity contribution is 0.404. The molecule has 0 fully saturated rings. The molecule has 0 saturated heterocycles. The topological polar surface area (TPSA) is 47.3 Å². The number of ether oxygens (including phenoxy) is 1. The third-order valence-corrected chi connectivity index (χ3v) is 2.98. The third kappa shape index (κ3) is 3.58. The van der Waals surface area contributed by atoms with E-state index in [2.05, 4.69) is 30.2 Å². The number of rotatable bonds is 6. The lowest BCUT2D eigenvalue weighted by Crippen LogP contribution is -2.13. The van der Waals surface area contributed by atoms with Crippen molar-refractivity contribution in [2.75, 3.05) is 7.11 Å². The SMILES string of the molecule is CCc1cnc(CNCc2cc(C)ccc2OC)o1. The second-order valence-electron chi connectivity index (χ2n) is 4.49. The quantitative estimate of drug-likeness (QED) is 0.867. The number of aryl methyl sites for hydroxylation is 2. The van der Waals surface area contributed by atoms with E-state index in [-0.39, 0.29) is 0 Å². The molecule has 102 valence electrons. The molecule has 0 bridgehead atoms. The zero-order valence-corrected chi connectivity index (χ0v) is 11.7. The summed E-state index contributed by atoms with van der Waals surface area (Å²) < 4.78 is 10.9. The number of benzene rings is 1. The molecule has 0 atom stereocenters. The molecule has 2 rings (SSSR count). The van der Waals surface area contributed by atoms with Crippen molar-refractivity contribution in [3.63, 3.8) is 0 Å². The van der Waals surface area contributed by atoms with Gasteiger partial charge in [0, 0.05) is 18.5 Å². The van der Waals surface area contributed by atoms with E-state index in [1.54, 1.807) is 13.3 Å². The summed E-state index contributed by atoms with van der Waals surface area (Å²) >= 11 is 0. The van der Waals surface area contributed by atoms with E-state index in [1.807, 2.05) is 12.1 Å². The molecule has 1 aromatic heterocycles. The van der Waals surface area contributed by atoms with Gasteiger partial charge >= 0.3 is 0 Å². The van der Waals surface area contributed by atoms with Crippen LogP contribution in [0.5, 0.6) is 5.75 Å². The van der Waals surface area contributed by atoms with E-state index in [9.17, 15) is 0 Å². The molecule has 19 heavy (non-hydrogen) atoms. The van der Waals surface area contributed by atoms with Gasteiger partial charge < -0.3 is 14.5 Å². The van der Waals surface area contributed by atoms with Crippen LogP contribution in [0.3, 0.4) is 0 Å². The van der Waals surface area contributed by atoms with E-state index < -0.39 is 0 Å². The molecule has 0 aliphatic rings. The van der Waals surface area contributed by atoms with Crippen LogP contribution in [0.25, 0.3) is 0 Å². The minimum Gasteiger partial charge on any atom is -0.496 e. The van der Waals surface area contributed by atoms with Crippen LogP contribution in [0.2, 0.25) is 0 Å². The highest BCUT2D eigenvalue weighted by Crippen LogP contribution is 2.19. The fourth-order valence-corrected chi connectivity index (χ4v) is 1.94. The molecule has 0 radical (unpaired) electrons. The number of hydrogen-bond donors (Lipinski definition) is 1. The summed E-state index contributed by atoms with van der Waals surface area (Å²) in [6.45, 7) is 5.48. The molecule has 1 N–H and O–H groups in total. The molecular formula is C15H20N2O2. The summed E-state index contributed by atoms with van der Waals surface area (Å²) in [4.78, 5) is 4.22. The van der Waals surface area contributed by atoms with Crippen LogP contribution >= 0.6 is 0 Å². The highest BCUT2D eigenvalue weighted by molar-refractivity contribution is 5.36. The lowest BCUT2D eigenvalue weighted by atomic mass is 10.1. The predicted molar refractivity (Wildman–Crippen MR) is 74.2 cm³/mol.